The van der Waals surface area contributed by atoms with Gasteiger partial charge in [0.25, 0.3) is 0 Å². The molecule has 0 bridgehead atoms. The van der Waals surface area contributed by atoms with Crippen LogP contribution >= 0.6 is 0 Å². The molecule has 0 amide bonds. The molecule has 3 aromatic carbocycles. The molecule has 1 unspecified atom stereocenters. The van der Waals surface area contributed by atoms with Gasteiger partial charge in [0.2, 0.25) is 0 Å². The number of rotatable bonds is 7. The van der Waals surface area contributed by atoms with Crippen LogP contribution in [0, 0.1) is 6.92 Å². The fraction of sp³-hybridized carbons (Fsp3) is 0.217. The number of ether oxygens (including phenoxy) is 1. The fourth-order valence-corrected chi connectivity index (χ4v) is 2.69. The zero-order chi connectivity index (χ0) is 17.5. The van der Waals surface area contributed by atoms with Crippen LogP contribution < -0.4 is 10.1 Å². The van der Waals surface area contributed by atoms with E-state index >= 15 is 0 Å². The van der Waals surface area contributed by atoms with Crippen molar-refractivity contribution in [2.45, 2.75) is 33.0 Å². The highest BCUT2D eigenvalue weighted by Gasteiger charge is 2.05. The van der Waals surface area contributed by atoms with Gasteiger partial charge in [0.1, 0.15) is 12.4 Å². The second-order valence-corrected chi connectivity index (χ2v) is 6.43. The van der Waals surface area contributed by atoms with Gasteiger partial charge >= 0.3 is 0 Å². The van der Waals surface area contributed by atoms with Gasteiger partial charge in [-0.1, -0.05) is 72.3 Å². The second-order valence-electron chi connectivity index (χ2n) is 6.43. The summed E-state index contributed by atoms with van der Waals surface area (Å²) in [6, 6.07) is 27.5. The molecule has 0 heterocycles. The predicted molar refractivity (Wildman–Crippen MR) is 104 cm³/mol. The minimum atomic E-state index is 0.296. The lowest BCUT2D eigenvalue weighted by Gasteiger charge is -2.15. The van der Waals surface area contributed by atoms with Crippen molar-refractivity contribution in [1.29, 1.82) is 0 Å². The van der Waals surface area contributed by atoms with Gasteiger partial charge in [-0.3, -0.25) is 0 Å². The molecule has 25 heavy (non-hydrogen) atoms. The summed E-state index contributed by atoms with van der Waals surface area (Å²) >= 11 is 0. The lowest BCUT2D eigenvalue weighted by Crippen LogP contribution is -2.17. The van der Waals surface area contributed by atoms with Crippen LogP contribution in [-0.4, -0.2) is 0 Å². The van der Waals surface area contributed by atoms with E-state index in [1.165, 1.54) is 22.3 Å². The van der Waals surface area contributed by atoms with Crippen molar-refractivity contribution in [1.82, 2.24) is 5.32 Å². The van der Waals surface area contributed by atoms with E-state index < -0.39 is 0 Å². The van der Waals surface area contributed by atoms with E-state index in [-0.39, 0.29) is 0 Å². The SMILES string of the molecule is Cc1ccc(CNC(C)c2ccc(OCc3ccccc3)cc2)cc1. The number of nitrogens with one attached hydrogen (secondary N) is 1. The maximum Gasteiger partial charge on any atom is 0.119 e. The van der Waals surface area contributed by atoms with Gasteiger partial charge in [0, 0.05) is 12.6 Å². The van der Waals surface area contributed by atoms with Crippen molar-refractivity contribution < 1.29 is 4.74 Å². The number of hydrogen-bond donors (Lipinski definition) is 1. The Morgan fingerprint density at radius 1 is 0.800 bits per heavy atom. The molecule has 3 aromatic rings. The quantitative estimate of drug-likeness (QED) is 0.624. The third-order valence-electron chi connectivity index (χ3n) is 4.36. The zero-order valence-electron chi connectivity index (χ0n) is 14.9. The van der Waals surface area contributed by atoms with Crippen LogP contribution in [0.15, 0.2) is 78.9 Å². The summed E-state index contributed by atoms with van der Waals surface area (Å²) < 4.78 is 5.85. The first kappa shape index (κ1) is 17.2. The second kappa shape index (κ2) is 8.50. The van der Waals surface area contributed by atoms with Crippen molar-refractivity contribution in [3.63, 3.8) is 0 Å². The molecule has 3 rings (SSSR count). The largest absolute Gasteiger partial charge is 0.489 e. The van der Waals surface area contributed by atoms with E-state index in [9.17, 15) is 0 Å². The molecule has 0 aliphatic rings. The smallest absolute Gasteiger partial charge is 0.119 e. The number of aryl methyl sites for hydroxylation is 1. The third-order valence-corrected chi connectivity index (χ3v) is 4.36. The highest BCUT2D eigenvalue weighted by molar-refractivity contribution is 5.29. The Morgan fingerprint density at radius 2 is 1.48 bits per heavy atom. The van der Waals surface area contributed by atoms with Crippen molar-refractivity contribution in [2.24, 2.45) is 0 Å². The first-order chi connectivity index (χ1) is 12.2. The van der Waals surface area contributed by atoms with Crippen LogP contribution in [0.5, 0.6) is 5.75 Å². The Labute approximate surface area is 150 Å². The Morgan fingerprint density at radius 3 is 2.16 bits per heavy atom. The molecular formula is C23H25NO. The Hall–Kier alpha value is -2.58. The van der Waals surface area contributed by atoms with E-state index in [4.69, 9.17) is 4.74 Å². The molecule has 0 aliphatic heterocycles. The van der Waals surface area contributed by atoms with Crippen LogP contribution in [0.25, 0.3) is 0 Å². The molecule has 128 valence electrons. The molecule has 0 aromatic heterocycles. The molecule has 2 heteroatoms. The van der Waals surface area contributed by atoms with Gasteiger partial charge in [-0.15, -0.1) is 0 Å². The molecule has 0 saturated carbocycles. The summed E-state index contributed by atoms with van der Waals surface area (Å²) in [4.78, 5) is 0. The van der Waals surface area contributed by atoms with Gasteiger partial charge in [-0.25, -0.2) is 0 Å². The van der Waals surface area contributed by atoms with Crippen LogP contribution in [-0.2, 0) is 13.2 Å². The first-order valence-electron chi connectivity index (χ1n) is 8.76. The molecular weight excluding hydrogens is 306 g/mol. The monoisotopic (exact) mass is 331 g/mol. The third kappa shape index (κ3) is 5.20. The standard InChI is InChI=1S/C23H25NO/c1-18-8-10-20(11-9-18)16-24-19(2)22-12-14-23(15-13-22)25-17-21-6-4-3-5-7-21/h3-15,19,24H,16-17H2,1-2H3. The maximum absolute atomic E-state index is 5.85. The van der Waals surface area contributed by atoms with Crippen LogP contribution in [0.1, 0.15) is 35.2 Å². The normalized spacial score (nSPS) is 11.9. The predicted octanol–water partition coefficient (Wildman–Crippen LogP) is 5.42. The van der Waals surface area contributed by atoms with E-state index in [1.807, 2.05) is 30.3 Å². The summed E-state index contributed by atoms with van der Waals surface area (Å²) in [5, 5.41) is 3.57. The van der Waals surface area contributed by atoms with Crippen molar-refractivity contribution in [3.8, 4) is 5.75 Å². The average Bonchev–Trinajstić information content (AvgIpc) is 2.67. The molecule has 1 atom stereocenters. The minimum Gasteiger partial charge on any atom is -0.489 e. The van der Waals surface area contributed by atoms with Crippen LogP contribution in [0.4, 0.5) is 0 Å². The number of hydrogen-bond acceptors (Lipinski definition) is 2. The number of benzene rings is 3. The molecule has 0 aliphatic carbocycles. The maximum atomic E-state index is 5.85. The van der Waals surface area contributed by atoms with Gasteiger partial charge in [0.05, 0.1) is 0 Å². The molecule has 1 N–H and O–H groups in total. The van der Waals surface area contributed by atoms with Gasteiger partial charge in [-0.05, 0) is 42.7 Å². The molecule has 0 saturated heterocycles. The van der Waals surface area contributed by atoms with Crippen molar-refractivity contribution >= 4 is 0 Å². The molecule has 2 nitrogen and oxygen atoms in total. The Balaban J connectivity index is 1.51. The molecule has 0 radical (unpaired) electrons. The lowest BCUT2D eigenvalue weighted by atomic mass is 10.1. The van der Waals surface area contributed by atoms with E-state index in [2.05, 4.69) is 67.7 Å². The zero-order valence-corrected chi connectivity index (χ0v) is 14.9. The Bertz CT molecular complexity index is 763. The summed E-state index contributed by atoms with van der Waals surface area (Å²) in [6.45, 7) is 5.77. The lowest BCUT2D eigenvalue weighted by molar-refractivity contribution is 0.306. The first-order valence-corrected chi connectivity index (χ1v) is 8.76. The minimum absolute atomic E-state index is 0.296. The highest BCUT2D eigenvalue weighted by Crippen LogP contribution is 2.19. The van der Waals surface area contributed by atoms with Gasteiger partial charge in [0.15, 0.2) is 0 Å². The summed E-state index contributed by atoms with van der Waals surface area (Å²) in [5.41, 5.74) is 5.04. The van der Waals surface area contributed by atoms with Crippen molar-refractivity contribution in [3.05, 3.63) is 101 Å². The summed E-state index contributed by atoms with van der Waals surface area (Å²) in [7, 11) is 0. The highest BCUT2D eigenvalue weighted by atomic mass is 16.5. The van der Waals surface area contributed by atoms with E-state index in [1.54, 1.807) is 0 Å². The van der Waals surface area contributed by atoms with Crippen molar-refractivity contribution in [2.75, 3.05) is 0 Å². The van der Waals surface area contributed by atoms with E-state index in [0.717, 1.165) is 12.3 Å². The summed E-state index contributed by atoms with van der Waals surface area (Å²) in [6.07, 6.45) is 0. The van der Waals surface area contributed by atoms with Crippen LogP contribution in [0.2, 0.25) is 0 Å². The van der Waals surface area contributed by atoms with Crippen LogP contribution in [0.3, 0.4) is 0 Å². The molecule has 0 fully saturated rings. The summed E-state index contributed by atoms with van der Waals surface area (Å²) in [5.74, 6) is 0.901. The molecule has 0 spiro atoms. The van der Waals surface area contributed by atoms with Gasteiger partial charge < -0.3 is 10.1 Å². The average molecular weight is 331 g/mol. The topological polar surface area (TPSA) is 21.3 Å². The fourth-order valence-electron chi connectivity index (χ4n) is 2.69. The van der Waals surface area contributed by atoms with Gasteiger partial charge in [-0.2, -0.15) is 0 Å². The van der Waals surface area contributed by atoms with E-state index in [0.29, 0.717) is 12.6 Å². The Kier molecular flexibility index (Phi) is 5.86.